The molecule has 0 aromatic carbocycles. The Labute approximate surface area is 175 Å². The number of alkyl halides is 1. The number of aliphatic hydroxyl groups is 1. The van der Waals surface area contributed by atoms with Crippen molar-refractivity contribution in [3.8, 4) is 0 Å². The molecular weight excluding hydrogens is 391 g/mol. The summed E-state index contributed by atoms with van der Waals surface area (Å²) in [5.41, 5.74) is -3.06. The van der Waals surface area contributed by atoms with Crippen LogP contribution in [0.2, 0.25) is 0 Å². The minimum atomic E-state index is -1.78. The number of halogens is 1. The summed E-state index contributed by atoms with van der Waals surface area (Å²) >= 11 is 0. The van der Waals surface area contributed by atoms with Crippen molar-refractivity contribution in [1.29, 1.82) is 0 Å². The molecule has 1 N–H and O–H groups in total. The first-order valence-electron chi connectivity index (χ1n) is 10.7. The van der Waals surface area contributed by atoms with E-state index in [1.54, 1.807) is 6.92 Å². The van der Waals surface area contributed by atoms with Crippen LogP contribution in [0.25, 0.3) is 0 Å². The third-order valence-corrected chi connectivity index (χ3v) is 8.65. The van der Waals surface area contributed by atoms with Crippen LogP contribution in [-0.2, 0) is 23.9 Å². The first kappa shape index (κ1) is 21.3. The molecule has 0 heterocycles. The molecule has 3 fully saturated rings. The molecule has 4 aliphatic rings. The second kappa shape index (κ2) is 6.81. The van der Waals surface area contributed by atoms with E-state index in [0.29, 0.717) is 24.8 Å². The van der Waals surface area contributed by atoms with E-state index in [1.807, 2.05) is 6.92 Å². The highest BCUT2D eigenvalue weighted by molar-refractivity contribution is 5.95. The molecule has 0 aromatic heterocycles. The summed E-state index contributed by atoms with van der Waals surface area (Å²) in [5, 5.41) is 11.4. The van der Waals surface area contributed by atoms with Crippen LogP contribution in [0, 0.1) is 28.6 Å². The van der Waals surface area contributed by atoms with E-state index < -0.39 is 46.9 Å². The summed E-state index contributed by atoms with van der Waals surface area (Å²) in [6, 6.07) is 0. The van der Waals surface area contributed by atoms with Crippen molar-refractivity contribution in [2.24, 2.45) is 28.6 Å². The minimum absolute atomic E-state index is 0.0227. The van der Waals surface area contributed by atoms with Crippen LogP contribution in [-0.4, -0.2) is 46.8 Å². The van der Waals surface area contributed by atoms with Gasteiger partial charge in [0.1, 0.15) is 17.6 Å². The maximum atomic E-state index is 15.3. The van der Waals surface area contributed by atoms with Gasteiger partial charge in [-0.05, 0) is 49.2 Å². The Hall–Kier alpha value is -1.89. The maximum Gasteiger partial charge on any atom is 0.303 e. The van der Waals surface area contributed by atoms with Gasteiger partial charge in [0.2, 0.25) is 5.78 Å². The fraction of sp³-hybridized carbons (Fsp3) is 0.739. The van der Waals surface area contributed by atoms with E-state index in [0.717, 1.165) is 0 Å². The van der Waals surface area contributed by atoms with Crippen LogP contribution < -0.4 is 0 Å². The zero-order valence-corrected chi connectivity index (χ0v) is 17.7. The summed E-state index contributed by atoms with van der Waals surface area (Å²) in [6.07, 6.45) is 1.67. The lowest BCUT2D eigenvalue weighted by Crippen LogP contribution is -2.62. The molecule has 7 atom stereocenters. The van der Waals surface area contributed by atoms with Gasteiger partial charge in [-0.2, -0.15) is 0 Å². The SMILES string of the molecule is CC(=O)OCC(=O)[C@@]1(O)CC[C@H]2[C@@H]3C[C@H](F)C4=CC(=O)CC[C@]4(C)[C@H]3C(=O)C[C@@]21C. The van der Waals surface area contributed by atoms with E-state index in [1.165, 1.54) is 13.0 Å². The molecule has 0 aromatic rings. The molecule has 0 bridgehead atoms. The first-order valence-corrected chi connectivity index (χ1v) is 10.7. The van der Waals surface area contributed by atoms with Gasteiger partial charge >= 0.3 is 5.97 Å². The van der Waals surface area contributed by atoms with Crippen molar-refractivity contribution in [2.75, 3.05) is 6.61 Å². The van der Waals surface area contributed by atoms with Gasteiger partial charge in [0, 0.05) is 36.5 Å². The van der Waals surface area contributed by atoms with Gasteiger partial charge in [0.25, 0.3) is 0 Å². The molecule has 0 saturated heterocycles. The lowest BCUT2D eigenvalue weighted by atomic mass is 9.45. The molecule has 0 spiro atoms. The van der Waals surface area contributed by atoms with Crippen LogP contribution in [0.15, 0.2) is 11.6 Å². The number of hydrogen-bond acceptors (Lipinski definition) is 6. The molecule has 3 saturated carbocycles. The molecule has 30 heavy (non-hydrogen) atoms. The Bertz CT molecular complexity index is 864. The molecule has 4 aliphatic carbocycles. The molecular formula is C23H29FO6. The van der Waals surface area contributed by atoms with Gasteiger partial charge in [0.05, 0.1) is 0 Å². The zero-order valence-electron chi connectivity index (χ0n) is 17.7. The van der Waals surface area contributed by atoms with Crippen molar-refractivity contribution >= 4 is 23.3 Å². The largest absolute Gasteiger partial charge is 0.458 e. The predicted molar refractivity (Wildman–Crippen MR) is 104 cm³/mol. The predicted octanol–water partition coefficient (Wildman–Crippen LogP) is 2.51. The zero-order chi connectivity index (χ0) is 22.1. The second-order valence-electron chi connectivity index (χ2n) is 10.1. The van der Waals surface area contributed by atoms with Crippen molar-refractivity contribution in [2.45, 2.75) is 71.1 Å². The van der Waals surface area contributed by atoms with Gasteiger partial charge in [-0.1, -0.05) is 13.8 Å². The van der Waals surface area contributed by atoms with Gasteiger partial charge in [-0.25, -0.2) is 4.39 Å². The maximum absolute atomic E-state index is 15.3. The Morgan fingerprint density at radius 2 is 1.97 bits per heavy atom. The van der Waals surface area contributed by atoms with E-state index in [4.69, 9.17) is 4.74 Å². The molecule has 4 rings (SSSR count). The summed E-state index contributed by atoms with van der Waals surface area (Å²) in [7, 11) is 0. The van der Waals surface area contributed by atoms with Crippen LogP contribution in [0.1, 0.15) is 59.3 Å². The van der Waals surface area contributed by atoms with E-state index >= 15 is 4.39 Å². The monoisotopic (exact) mass is 420 g/mol. The number of carbonyl (C=O) groups excluding carboxylic acids is 4. The van der Waals surface area contributed by atoms with Crippen molar-refractivity contribution in [1.82, 2.24) is 0 Å². The molecule has 0 unspecified atom stereocenters. The summed E-state index contributed by atoms with van der Waals surface area (Å²) in [6.45, 7) is 4.29. The fourth-order valence-electron chi connectivity index (χ4n) is 7.14. The van der Waals surface area contributed by atoms with Crippen LogP contribution >= 0.6 is 0 Å². The number of esters is 1. The normalized spacial score (nSPS) is 45.2. The van der Waals surface area contributed by atoms with Crippen molar-refractivity contribution < 1.29 is 33.4 Å². The standard InChI is InChI=1S/C23H29FO6/c1-12(25)30-11-19(28)23(29)7-5-15-14-9-17(24)16-8-13(26)4-6-21(16,2)20(14)18(27)10-22(15,23)3/h8,14-15,17,20,29H,4-7,9-11H2,1-3H3/t14-,15-,17-,20+,21-,22-,23-/m0/s1. The minimum Gasteiger partial charge on any atom is -0.458 e. The van der Waals surface area contributed by atoms with Crippen LogP contribution in [0.5, 0.6) is 0 Å². The second-order valence-corrected chi connectivity index (χ2v) is 10.1. The topological polar surface area (TPSA) is 97.7 Å². The summed E-state index contributed by atoms with van der Waals surface area (Å²) < 4.78 is 20.1. The van der Waals surface area contributed by atoms with Gasteiger partial charge in [-0.3, -0.25) is 19.2 Å². The fourth-order valence-corrected chi connectivity index (χ4v) is 7.14. The van der Waals surface area contributed by atoms with E-state index in [2.05, 4.69) is 0 Å². The van der Waals surface area contributed by atoms with Crippen molar-refractivity contribution in [3.63, 3.8) is 0 Å². The first-order chi connectivity index (χ1) is 13.9. The van der Waals surface area contributed by atoms with E-state index in [9.17, 15) is 24.3 Å². The molecule has 0 aliphatic heterocycles. The van der Waals surface area contributed by atoms with Gasteiger partial charge in [-0.15, -0.1) is 0 Å². The van der Waals surface area contributed by atoms with Gasteiger partial charge in [0.15, 0.2) is 12.4 Å². The Kier molecular flexibility index (Phi) is 4.84. The lowest BCUT2D eigenvalue weighted by Gasteiger charge is -2.58. The Morgan fingerprint density at radius 1 is 1.27 bits per heavy atom. The number of ketones is 3. The molecule has 0 amide bonds. The third-order valence-electron chi connectivity index (χ3n) is 8.65. The molecule has 164 valence electrons. The van der Waals surface area contributed by atoms with E-state index in [-0.39, 0.29) is 42.7 Å². The molecule has 6 nitrogen and oxygen atoms in total. The lowest BCUT2D eigenvalue weighted by molar-refractivity contribution is -0.174. The average molecular weight is 420 g/mol. The smallest absolute Gasteiger partial charge is 0.303 e. The number of Topliss-reactive ketones (excluding diaryl/α,β-unsaturated/α-hetero) is 2. The molecule has 0 radical (unpaired) electrons. The van der Waals surface area contributed by atoms with Crippen LogP contribution in [0.4, 0.5) is 4.39 Å². The highest BCUT2D eigenvalue weighted by Gasteiger charge is 2.69. The molecule has 7 heteroatoms. The number of ether oxygens (including phenoxy) is 1. The van der Waals surface area contributed by atoms with Crippen LogP contribution in [0.3, 0.4) is 0 Å². The highest BCUT2D eigenvalue weighted by atomic mass is 19.1. The Balaban J connectivity index is 1.70. The quantitative estimate of drug-likeness (QED) is 0.705. The average Bonchev–Trinajstić information content (AvgIpc) is 2.93. The number of carbonyl (C=O) groups is 4. The number of hydrogen-bond donors (Lipinski definition) is 1. The summed E-state index contributed by atoms with van der Waals surface area (Å²) in [5.74, 6) is -2.28. The third kappa shape index (κ3) is 2.77. The highest BCUT2D eigenvalue weighted by Crippen LogP contribution is 2.66. The van der Waals surface area contributed by atoms with Crippen molar-refractivity contribution in [3.05, 3.63) is 11.6 Å². The number of rotatable bonds is 3. The summed E-state index contributed by atoms with van der Waals surface area (Å²) in [4.78, 5) is 49.3. The number of allylic oxidation sites excluding steroid dienone is 1. The Morgan fingerprint density at radius 3 is 2.63 bits per heavy atom. The van der Waals surface area contributed by atoms with Gasteiger partial charge < -0.3 is 9.84 Å². The number of fused-ring (bicyclic) bond motifs is 5.